The van der Waals surface area contributed by atoms with Crippen LogP contribution in [0.4, 0.5) is 43.9 Å². The van der Waals surface area contributed by atoms with Crippen LogP contribution in [0.25, 0.3) is 0 Å². The summed E-state index contributed by atoms with van der Waals surface area (Å²) in [7, 11) is 0. The number of ether oxygens (including phenoxy) is 2. The van der Waals surface area contributed by atoms with Crippen LogP contribution in [0, 0.1) is 0 Å². The molecule has 0 unspecified atom stereocenters. The standard InChI is InChI=1S/C6F10O2/c7-1-2(8)18-4(17-1,6(14,15)16)3(9,10)5(11,12)13. The lowest BCUT2D eigenvalue weighted by Gasteiger charge is -2.35. The third kappa shape index (κ3) is 1.73. The number of hydrogen-bond donors (Lipinski definition) is 0. The molecule has 0 aromatic carbocycles. The van der Waals surface area contributed by atoms with Gasteiger partial charge in [-0.3, -0.25) is 0 Å². The van der Waals surface area contributed by atoms with E-state index in [4.69, 9.17) is 0 Å². The molecule has 1 heterocycles. The largest absolute Gasteiger partial charge is 0.475 e. The molecule has 0 saturated carbocycles. The molecular formula is C6F10O2. The van der Waals surface area contributed by atoms with Gasteiger partial charge in [0.25, 0.3) is 0 Å². The van der Waals surface area contributed by atoms with E-state index in [0.717, 1.165) is 0 Å². The van der Waals surface area contributed by atoms with Crippen molar-refractivity contribution in [2.45, 2.75) is 24.1 Å². The molecule has 0 spiro atoms. The molecule has 1 aliphatic rings. The van der Waals surface area contributed by atoms with Crippen molar-refractivity contribution >= 4 is 0 Å². The van der Waals surface area contributed by atoms with Gasteiger partial charge in [-0.15, -0.1) is 0 Å². The Bertz CT molecular complexity index is 363. The molecule has 106 valence electrons. The lowest BCUT2D eigenvalue weighted by molar-refractivity contribution is -0.461. The van der Waals surface area contributed by atoms with Gasteiger partial charge in [-0.25, -0.2) is 0 Å². The van der Waals surface area contributed by atoms with E-state index in [2.05, 4.69) is 9.47 Å². The maximum absolute atomic E-state index is 12.7. The van der Waals surface area contributed by atoms with Crippen LogP contribution in [-0.2, 0) is 9.47 Å². The third-order valence-electron chi connectivity index (χ3n) is 1.76. The van der Waals surface area contributed by atoms with Crippen molar-refractivity contribution < 1.29 is 53.4 Å². The predicted octanol–water partition coefficient (Wildman–Crippen LogP) is 3.55. The van der Waals surface area contributed by atoms with Crippen molar-refractivity contribution in [1.29, 1.82) is 0 Å². The van der Waals surface area contributed by atoms with E-state index in [9.17, 15) is 43.9 Å². The molecule has 1 aliphatic heterocycles. The Kier molecular flexibility index (Phi) is 2.92. The Morgan fingerprint density at radius 1 is 0.722 bits per heavy atom. The normalized spacial score (nSPS) is 20.8. The molecule has 0 aliphatic carbocycles. The summed E-state index contributed by atoms with van der Waals surface area (Å²) in [6, 6.07) is -5.92. The lowest BCUT2D eigenvalue weighted by atomic mass is 10.1. The van der Waals surface area contributed by atoms with Gasteiger partial charge >= 0.3 is 36.1 Å². The molecule has 0 aromatic rings. The molecular weight excluding hydrogens is 294 g/mol. The summed E-state index contributed by atoms with van der Waals surface area (Å²) in [6.07, 6.45) is -13.4. The minimum atomic E-state index is -6.81. The molecule has 12 heteroatoms. The van der Waals surface area contributed by atoms with Gasteiger partial charge in [0.05, 0.1) is 0 Å². The smallest absolute Gasteiger partial charge is 0.410 e. The Balaban J connectivity index is 3.36. The number of halogens is 10. The van der Waals surface area contributed by atoms with Gasteiger partial charge in [-0.05, 0) is 0 Å². The molecule has 18 heavy (non-hydrogen) atoms. The zero-order valence-corrected chi connectivity index (χ0v) is 7.60. The average molecular weight is 294 g/mol. The Hall–Kier alpha value is -1.36. The Morgan fingerprint density at radius 3 is 1.28 bits per heavy atom. The minimum Gasteiger partial charge on any atom is -0.410 e. The number of rotatable bonds is 1. The Morgan fingerprint density at radius 2 is 1.06 bits per heavy atom. The van der Waals surface area contributed by atoms with Gasteiger partial charge in [0, 0.05) is 0 Å². The topological polar surface area (TPSA) is 18.5 Å². The van der Waals surface area contributed by atoms with Crippen LogP contribution in [0.3, 0.4) is 0 Å². The van der Waals surface area contributed by atoms with E-state index in [0.29, 0.717) is 0 Å². The van der Waals surface area contributed by atoms with E-state index in [1.54, 1.807) is 0 Å². The zero-order chi connectivity index (χ0) is 14.6. The van der Waals surface area contributed by atoms with Crippen LogP contribution in [0.2, 0.25) is 0 Å². The predicted molar refractivity (Wildman–Crippen MR) is 31.2 cm³/mol. The van der Waals surface area contributed by atoms with Gasteiger partial charge in [-0.1, -0.05) is 0 Å². The summed E-state index contributed by atoms with van der Waals surface area (Å²) in [4.78, 5) is 0. The molecule has 0 saturated heterocycles. The fourth-order valence-corrected chi connectivity index (χ4v) is 0.962. The van der Waals surface area contributed by atoms with Crippen molar-refractivity contribution in [2.75, 3.05) is 0 Å². The lowest BCUT2D eigenvalue weighted by Crippen LogP contribution is -2.65. The first kappa shape index (κ1) is 14.7. The van der Waals surface area contributed by atoms with E-state index in [1.165, 1.54) is 0 Å². The molecule has 0 amide bonds. The maximum Gasteiger partial charge on any atom is 0.475 e. The molecule has 0 aromatic heterocycles. The van der Waals surface area contributed by atoms with Crippen LogP contribution >= 0.6 is 0 Å². The second-order valence-electron chi connectivity index (χ2n) is 2.94. The van der Waals surface area contributed by atoms with Gasteiger partial charge in [-0.2, -0.15) is 43.9 Å². The summed E-state index contributed by atoms with van der Waals surface area (Å²) < 4.78 is 127. The van der Waals surface area contributed by atoms with Crippen molar-refractivity contribution in [2.24, 2.45) is 0 Å². The fourth-order valence-electron chi connectivity index (χ4n) is 0.962. The Labute approximate surface area is 90.8 Å². The van der Waals surface area contributed by atoms with Crippen LogP contribution in [0.5, 0.6) is 0 Å². The summed E-state index contributed by atoms with van der Waals surface area (Å²) in [5.41, 5.74) is 0. The van der Waals surface area contributed by atoms with E-state index >= 15 is 0 Å². The third-order valence-corrected chi connectivity index (χ3v) is 1.76. The molecule has 0 radical (unpaired) electrons. The fraction of sp³-hybridized carbons (Fsp3) is 0.667. The van der Waals surface area contributed by atoms with Gasteiger partial charge in [0.2, 0.25) is 0 Å². The first-order valence-electron chi connectivity index (χ1n) is 3.71. The number of hydrogen-bond acceptors (Lipinski definition) is 2. The van der Waals surface area contributed by atoms with Crippen molar-refractivity contribution in [3.63, 3.8) is 0 Å². The van der Waals surface area contributed by atoms with E-state index in [1.807, 2.05) is 0 Å². The van der Waals surface area contributed by atoms with Gasteiger partial charge in [0.1, 0.15) is 0 Å². The minimum absolute atomic E-state index is 2.64. The molecule has 0 atom stereocenters. The van der Waals surface area contributed by atoms with Crippen LogP contribution in [0.1, 0.15) is 0 Å². The molecule has 0 bridgehead atoms. The highest BCUT2D eigenvalue weighted by molar-refractivity contribution is 5.08. The first-order valence-corrected chi connectivity index (χ1v) is 3.71. The molecule has 0 N–H and O–H groups in total. The van der Waals surface area contributed by atoms with Gasteiger partial charge < -0.3 is 9.47 Å². The highest BCUT2D eigenvalue weighted by atomic mass is 19.4. The number of alkyl halides is 8. The molecule has 0 fully saturated rings. The van der Waals surface area contributed by atoms with Gasteiger partial charge in [0.15, 0.2) is 0 Å². The van der Waals surface area contributed by atoms with Crippen LogP contribution in [0.15, 0.2) is 12.0 Å². The summed E-state index contributed by atoms with van der Waals surface area (Å²) in [5, 5.41) is 0. The van der Waals surface area contributed by atoms with E-state index in [-0.39, 0.29) is 0 Å². The van der Waals surface area contributed by atoms with Crippen molar-refractivity contribution in [3.05, 3.63) is 12.0 Å². The van der Waals surface area contributed by atoms with E-state index < -0.39 is 36.1 Å². The highest BCUT2D eigenvalue weighted by Crippen LogP contribution is 2.57. The SMILES string of the molecule is FC1=C(F)OC(C(F)(F)F)(C(F)(F)C(F)(F)F)O1. The van der Waals surface area contributed by atoms with Crippen molar-refractivity contribution in [1.82, 2.24) is 0 Å². The molecule has 2 nitrogen and oxygen atoms in total. The first-order chi connectivity index (χ1) is 7.76. The summed E-state index contributed by atoms with van der Waals surface area (Å²) >= 11 is 0. The average Bonchev–Trinajstić information content (AvgIpc) is 2.41. The molecule has 1 rings (SSSR count). The second-order valence-corrected chi connectivity index (χ2v) is 2.94. The second kappa shape index (κ2) is 3.57. The summed E-state index contributed by atoms with van der Waals surface area (Å²) in [5.74, 6) is -12.6. The highest BCUT2D eigenvalue weighted by Gasteiger charge is 2.87. The van der Waals surface area contributed by atoms with Crippen LogP contribution in [-0.4, -0.2) is 24.1 Å². The van der Waals surface area contributed by atoms with Crippen molar-refractivity contribution in [3.8, 4) is 0 Å². The maximum atomic E-state index is 12.7. The zero-order valence-electron chi connectivity index (χ0n) is 7.60. The summed E-state index contributed by atoms with van der Waals surface area (Å²) in [6.45, 7) is 0. The quantitative estimate of drug-likeness (QED) is 0.688. The monoisotopic (exact) mass is 294 g/mol. The van der Waals surface area contributed by atoms with Crippen LogP contribution < -0.4 is 0 Å².